The third-order valence-corrected chi connectivity index (χ3v) is 4.11. The molecular formula is C18H16ClN5O3. The molecule has 0 unspecified atom stereocenters. The number of halogens is 1. The molecule has 0 aromatic carbocycles. The molecule has 0 saturated heterocycles. The lowest BCUT2D eigenvalue weighted by atomic mass is 10.1. The third kappa shape index (κ3) is 4.60. The van der Waals surface area contributed by atoms with Crippen LogP contribution in [0.1, 0.15) is 28.4 Å². The molecule has 3 rings (SSSR count). The van der Waals surface area contributed by atoms with Crippen molar-refractivity contribution in [2.75, 3.05) is 7.11 Å². The predicted molar refractivity (Wildman–Crippen MR) is 97.4 cm³/mol. The van der Waals surface area contributed by atoms with Gasteiger partial charge in [-0.05, 0) is 12.1 Å². The van der Waals surface area contributed by atoms with Crippen molar-refractivity contribution in [2.24, 2.45) is 0 Å². The highest BCUT2D eigenvalue weighted by Crippen LogP contribution is 2.23. The Balaban J connectivity index is 1.74. The fourth-order valence-electron chi connectivity index (χ4n) is 2.36. The molecule has 3 heterocycles. The van der Waals surface area contributed by atoms with E-state index in [-0.39, 0.29) is 24.5 Å². The van der Waals surface area contributed by atoms with E-state index in [2.05, 4.69) is 24.9 Å². The molecule has 0 aliphatic rings. The van der Waals surface area contributed by atoms with Gasteiger partial charge < -0.3 is 9.84 Å². The summed E-state index contributed by atoms with van der Waals surface area (Å²) in [5.41, 5.74) is 1.81. The number of carbonyl (C=O) groups is 1. The molecule has 138 valence electrons. The number of hydrogen-bond donors (Lipinski definition) is 1. The van der Waals surface area contributed by atoms with Crippen molar-refractivity contribution in [3.8, 4) is 17.1 Å². The quantitative estimate of drug-likeness (QED) is 0.616. The number of pyridine rings is 1. The van der Waals surface area contributed by atoms with E-state index in [1.807, 2.05) is 0 Å². The summed E-state index contributed by atoms with van der Waals surface area (Å²) in [6.07, 6.45) is 5.01. The maximum atomic E-state index is 12.5. The van der Waals surface area contributed by atoms with Crippen LogP contribution in [0.25, 0.3) is 11.3 Å². The van der Waals surface area contributed by atoms with Crippen LogP contribution in [0, 0.1) is 0 Å². The van der Waals surface area contributed by atoms with Gasteiger partial charge in [-0.3, -0.25) is 9.78 Å². The fraction of sp³-hybridized carbons (Fsp3) is 0.222. The number of methoxy groups -OCH3 is 1. The normalized spacial score (nSPS) is 10.6. The minimum absolute atomic E-state index is 0.156. The van der Waals surface area contributed by atoms with Gasteiger partial charge in [0.15, 0.2) is 5.78 Å². The van der Waals surface area contributed by atoms with E-state index in [1.54, 1.807) is 24.4 Å². The van der Waals surface area contributed by atoms with Crippen LogP contribution in [0.3, 0.4) is 0 Å². The fourth-order valence-corrected chi connectivity index (χ4v) is 2.58. The van der Waals surface area contributed by atoms with Gasteiger partial charge in [-0.2, -0.15) is 4.98 Å². The lowest BCUT2D eigenvalue weighted by molar-refractivity contribution is 0.0977. The first-order chi connectivity index (χ1) is 13.1. The largest absolute Gasteiger partial charge is 0.481 e. The molecule has 0 fully saturated rings. The van der Waals surface area contributed by atoms with Crippen LogP contribution in [-0.4, -0.2) is 42.9 Å². The molecule has 8 nitrogen and oxygen atoms in total. The molecule has 0 amide bonds. The number of hydrogen-bond acceptors (Lipinski definition) is 8. The van der Waals surface area contributed by atoms with Crippen molar-refractivity contribution in [3.05, 3.63) is 59.2 Å². The van der Waals surface area contributed by atoms with E-state index < -0.39 is 0 Å². The van der Waals surface area contributed by atoms with E-state index >= 15 is 0 Å². The molecule has 3 aromatic rings. The second kappa shape index (κ2) is 8.61. The molecule has 9 heteroatoms. The van der Waals surface area contributed by atoms with Crippen LogP contribution >= 0.6 is 11.6 Å². The summed E-state index contributed by atoms with van der Waals surface area (Å²) in [7, 11) is 1.52. The number of rotatable bonds is 7. The Hall–Kier alpha value is -2.97. The number of carbonyl (C=O) groups excluding carboxylic acids is 1. The third-order valence-electron chi connectivity index (χ3n) is 3.78. The molecule has 0 aliphatic carbocycles. The van der Waals surface area contributed by atoms with Gasteiger partial charge in [0.1, 0.15) is 17.8 Å². The standard InChI is InChI=1S/C18H16ClN5O3/c1-27-18-4-5-20-17(24-18)3-2-16(26)14-7-13(22-10-23-14)11-6-12(19)15(9-25)21-8-11/h4-8,10,25H,2-3,9H2,1H3. The monoisotopic (exact) mass is 385 g/mol. The molecule has 0 spiro atoms. The highest BCUT2D eigenvalue weighted by Gasteiger charge is 2.12. The van der Waals surface area contributed by atoms with Crippen molar-refractivity contribution in [1.82, 2.24) is 24.9 Å². The van der Waals surface area contributed by atoms with Crippen molar-refractivity contribution in [1.29, 1.82) is 0 Å². The summed E-state index contributed by atoms with van der Waals surface area (Å²) in [4.78, 5) is 33.1. The van der Waals surface area contributed by atoms with E-state index in [9.17, 15) is 4.79 Å². The number of aliphatic hydroxyl groups is 1. The van der Waals surface area contributed by atoms with Crippen molar-refractivity contribution in [3.63, 3.8) is 0 Å². The van der Waals surface area contributed by atoms with Crippen molar-refractivity contribution >= 4 is 17.4 Å². The van der Waals surface area contributed by atoms with Gasteiger partial charge in [-0.25, -0.2) is 15.0 Å². The Morgan fingerprint density at radius 3 is 2.81 bits per heavy atom. The van der Waals surface area contributed by atoms with Gasteiger partial charge in [0, 0.05) is 36.9 Å². The Labute approximate surface area is 160 Å². The van der Waals surface area contributed by atoms with Gasteiger partial charge >= 0.3 is 0 Å². The van der Waals surface area contributed by atoms with Crippen LogP contribution < -0.4 is 4.74 Å². The van der Waals surface area contributed by atoms with Crippen LogP contribution in [0.15, 0.2) is 36.9 Å². The zero-order chi connectivity index (χ0) is 19.2. The molecule has 0 atom stereocenters. The predicted octanol–water partition coefficient (Wildman–Crippen LogP) is 2.30. The number of nitrogens with zero attached hydrogens (tertiary/aromatic N) is 5. The van der Waals surface area contributed by atoms with E-state index in [0.29, 0.717) is 40.1 Å². The van der Waals surface area contributed by atoms with E-state index in [1.165, 1.54) is 19.6 Å². The minimum atomic E-state index is -0.251. The lowest BCUT2D eigenvalue weighted by Gasteiger charge is -2.06. The summed E-state index contributed by atoms with van der Waals surface area (Å²) in [6, 6.07) is 4.87. The average Bonchev–Trinajstić information content (AvgIpc) is 2.72. The lowest BCUT2D eigenvalue weighted by Crippen LogP contribution is -2.07. The molecule has 0 aliphatic heterocycles. The summed E-state index contributed by atoms with van der Waals surface area (Å²) >= 11 is 6.07. The Bertz CT molecular complexity index is 967. The molecule has 3 aromatic heterocycles. The molecular weight excluding hydrogens is 370 g/mol. The Morgan fingerprint density at radius 2 is 2.07 bits per heavy atom. The maximum absolute atomic E-state index is 12.5. The summed E-state index contributed by atoms with van der Waals surface area (Å²) in [5.74, 6) is 0.816. The second-order valence-electron chi connectivity index (χ2n) is 5.54. The van der Waals surface area contributed by atoms with E-state index in [0.717, 1.165) is 0 Å². The van der Waals surface area contributed by atoms with Crippen molar-refractivity contribution in [2.45, 2.75) is 19.4 Å². The number of Topliss-reactive ketones (excluding diaryl/α,β-unsaturated/α-hetero) is 1. The van der Waals surface area contributed by atoms with Crippen LogP contribution in [0.4, 0.5) is 0 Å². The average molecular weight is 386 g/mol. The molecule has 0 radical (unpaired) electrons. The summed E-state index contributed by atoms with van der Waals surface area (Å²) < 4.78 is 5.05. The molecule has 27 heavy (non-hydrogen) atoms. The summed E-state index contributed by atoms with van der Waals surface area (Å²) in [6.45, 7) is -0.251. The SMILES string of the molecule is COc1ccnc(CCC(=O)c2cc(-c3cnc(CO)c(Cl)c3)ncn2)n1. The van der Waals surface area contributed by atoms with Gasteiger partial charge in [-0.15, -0.1) is 0 Å². The number of ether oxygens (including phenoxy) is 1. The number of aliphatic hydroxyl groups excluding tert-OH is 1. The Morgan fingerprint density at radius 1 is 1.22 bits per heavy atom. The minimum Gasteiger partial charge on any atom is -0.481 e. The zero-order valence-corrected chi connectivity index (χ0v) is 15.2. The molecule has 0 saturated carbocycles. The second-order valence-corrected chi connectivity index (χ2v) is 5.94. The molecule has 1 N–H and O–H groups in total. The first kappa shape index (κ1) is 18.8. The van der Waals surface area contributed by atoms with Crippen LogP contribution in [0.2, 0.25) is 5.02 Å². The topological polar surface area (TPSA) is 111 Å². The number of aromatic nitrogens is 5. The first-order valence-electron chi connectivity index (χ1n) is 8.07. The molecule has 0 bridgehead atoms. The zero-order valence-electron chi connectivity index (χ0n) is 14.5. The smallest absolute Gasteiger partial charge is 0.216 e. The highest BCUT2D eigenvalue weighted by atomic mass is 35.5. The van der Waals surface area contributed by atoms with Gasteiger partial charge in [0.25, 0.3) is 0 Å². The van der Waals surface area contributed by atoms with Gasteiger partial charge in [0.2, 0.25) is 5.88 Å². The van der Waals surface area contributed by atoms with Gasteiger partial charge in [-0.1, -0.05) is 11.6 Å². The Kier molecular flexibility index (Phi) is 6.00. The first-order valence-corrected chi connectivity index (χ1v) is 8.45. The van der Waals surface area contributed by atoms with Gasteiger partial charge in [0.05, 0.1) is 30.1 Å². The van der Waals surface area contributed by atoms with Crippen LogP contribution in [0.5, 0.6) is 5.88 Å². The summed E-state index contributed by atoms with van der Waals surface area (Å²) in [5, 5.41) is 9.48. The maximum Gasteiger partial charge on any atom is 0.216 e. The van der Waals surface area contributed by atoms with Crippen LogP contribution in [-0.2, 0) is 13.0 Å². The number of ketones is 1. The number of aryl methyl sites for hydroxylation is 1. The van der Waals surface area contributed by atoms with E-state index in [4.69, 9.17) is 21.4 Å². The van der Waals surface area contributed by atoms with Crippen molar-refractivity contribution < 1.29 is 14.6 Å². The highest BCUT2D eigenvalue weighted by molar-refractivity contribution is 6.31.